The topological polar surface area (TPSA) is 88.6 Å². The Labute approximate surface area is 206 Å². The molecular formula is C27H33N5O3. The van der Waals surface area contributed by atoms with E-state index < -0.39 is 6.09 Å². The van der Waals surface area contributed by atoms with Crippen LogP contribution in [-0.4, -0.2) is 35.8 Å². The number of anilines is 4. The Hall–Kier alpha value is -3.81. The van der Waals surface area contributed by atoms with Crippen molar-refractivity contribution in [2.75, 3.05) is 29.2 Å². The summed E-state index contributed by atoms with van der Waals surface area (Å²) in [6.07, 6.45) is 3.67. The zero-order valence-corrected chi connectivity index (χ0v) is 20.6. The van der Waals surface area contributed by atoms with Gasteiger partial charge in [0.05, 0.1) is 12.8 Å². The van der Waals surface area contributed by atoms with Gasteiger partial charge in [-0.25, -0.2) is 9.78 Å². The van der Waals surface area contributed by atoms with Crippen LogP contribution in [0, 0.1) is 0 Å². The van der Waals surface area contributed by atoms with Crippen molar-refractivity contribution in [2.45, 2.75) is 52.2 Å². The maximum absolute atomic E-state index is 12.4. The number of hydrogen-bond donors (Lipinski definition) is 2. The summed E-state index contributed by atoms with van der Waals surface area (Å²) >= 11 is 0. The first-order valence-electron chi connectivity index (χ1n) is 12.1. The molecule has 1 aliphatic rings. The van der Waals surface area contributed by atoms with Gasteiger partial charge in [-0.3, -0.25) is 5.32 Å². The third kappa shape index (κ3) is 6.41. The highest BCUT2D eigenvalue weighted by Crippen LogP contribution is 2.30. The number of nitrogens with zero attached hydrogens (tertiary/aromatic N) is 3. The van der Waals surface area contributed by atoms with E-state index in [1.165, 1.54) is 12.8 Å². The number of aryl methyl sites for hydroxylation is 1. The first-order chi connectivity index (χ1) is 17.1. The molecule has 0 radical (unpaired) electrons. The molecule has 1 fully saturated rings. The molecule has 2 heterocycles. The molecule has 8 nitrogen and oxygen atoms in total. The highest BCUT2D eigenvalue weighted by molar-refractivity contribution is 5.88. The molecular weight excluding hydrogens is 442 g/mol. The standard InChI is InChI=1S/C27H33N5O3/c1-4-9-21-17-25(32-15-8-10-19(32)2)31-26(28-21)29-22-13-14-24(34-3)23(16-22)30-27(33)35-18-20-11-6-5-7-12-20/h5-7,11-14,16-17,19H,4,8-10,15,18H2,1-3H3,(H,30,33)(H,28,29,31)/t19-/m1/s1. The smallest absolute Gasteiger partial charge is 0.412 e. The molecule has 1 atom stereocenters. The van der Waals surface area contributed by atoms with E-state index in [1.54, 1.807) is 19.2 Å². The minimum atomic E-state index is -0.559. The second-order valence-electron chi connectivity index (χ2n) is 8.70. The number of hydrogen-bond acceptors (Lipinski definition) is 7. The number of nitrogens with one attached hydrogen (secondary N) is 2. The lowest BCUT2D eigenvalue weighted by Crippen LogP contribution is -2.27. The van der Waals surface area contributed by atoms with E-state index in [9.17, 15) is 4.79 Å². The molecule has 1 amide bonds. The van der Waals surface area contributed by atoms with Crippen LogP contribution in [0.5, 0.6) is 5.75 Å². The monoisotopic (exact) mass is 475 g/mol. The van der Waals surface area contributed by atoms with Crippen LogP contribution in [0.4, 0.5) is 27.9 Å². The van der Waals surface area contributed by atoms with Crippen LogP contribution < -0.4 is 20.3 Å². The molecule has 0 saturated carbocycles. The lowest BCUT2D eigenvalue weighted by molar-refractivity contribution is 0.155. The summed E-state index contributed by atoms with van der Waals surface area (Å²) in [6, 6.07) is 17.5. The Balaban J connectivity index is 1.50. The number of methoxy groups -OCH3 is 1. The van der Waals surface area contributed by atoms with E-state index in [2.05, 4.69) is 35.4 Å². The lowest BCUT2D eigenvalue weighted by atomic mass is 10.2. The number of carbonyl (C=O) groups is 1. The van der Waals surface area contributed by atoms with Crippen LogP contribution >= 0.6 is 0 Å². The van der Waals surface area contributed by atoms with Crippen molar-refractivity contribution in [3.05, 3.63) is 65.9 Å². The predicted octanol–water partition coefficient (Wildman–Crippen LogP) is 5.92. The van der Waals surface area contributed by atoms with Gasteiger partial charge in [0.1, 0.15) is 18.2 Å². The van der Waals surface area contributed by atoms with Gasteiger partial charge in [0.15, 0.2) is 0 Å². The van der Waals surface area contributed by atoms with E-state index in [0.717, 1.165) is 42.1 Å². The van der Waals surface area contributed by atoms with Gasteiger partial charge in [-0.05, 0) is 49.9 Å². The predicted molar refractivity (Wildman–Crippen MR) is 139 cm³/mol. The molecule has 3 aromatic rings. The van der Waals surface area contributed by atoms with Crippen molar-refractivity contribution in [2.24, 2.45) is 0 Å². The summed E-state index contributed by atoms with van der Waals surface area (Å²) in [4.78, 5) is 24.3. The molecule has 35 heavy (non-hydrogen) atoms. The molecule has 2 N–H and O–H groups in total. The average Bonchev–Trinajstić information content (AvgIpc) is 3.29. The fraction of sp³-hybridized carbons (Fsp3) is 0.370. The Morgan fingerprint density at radius 1 is 1.14 bits per heavy atom. The molecule has 0 aliphatic carbocycles. The number of carbonyl (C=O) groups excluding carboxylic acids is 1. The van der Waals surface area contributed by atoms with Crippen LogP contribution in [0.1, 0.15) is 44.4 Å². The average molecular weight is 476 g/mol. The van der Waals surface area contributed by atoms with Crippen LogP contribution in [0.2, 0.25) is 0 Å². The Morgan fingerprint density at radius 2 is 1.97 bits per heavy atom. The summed E-state index contributed by atoms with van der Waals surface area (Å²) in [7, 11) is 1.56. The van der Waals surface area contributed by atoms with Gasteiger partial charge >= 0.3 is 6.09 Å². The fourth-order valence-corrected chi connectivity index (χ4v) is 4.23. The summed E-state index contributed by atoms with van der Waals surface area (Å²) in [5.41, 5.74) is 3.15. The first kappa shape index (κ1) is 24.3. The Morgan fingerprint density at radius 3 is 2.69 bits per heavy atom. The zero-order valence-electron chi connectivity index (χ0n) is 20.6. The number of aromatic nitrogens is 2. The molecule has 0 spiro atoms. The zero-order chi connectivity index (χ0) is 24.6. The molecule has 2 aromatic carbocycles. The molecule has 1 aromatic heterocycles. The highest BCUT2D eigenvalue weighted by Gasteiger charge is 2.23. The summed E-state index contributed by atoms with van der Waals surface area (Å²) in [5, 5.41) is 6.08. The second kappa shape index (κ2) is 11.6. The molecule has 0 unspecified atom stereocenters. The second-order valence-corrected chi connectivity index (χ2v) is 8.70. The molecule has 4 rings (SSSR count). The number of amides is 1. The normalized spacial score (nSPS) is 15.1. The minimum Gasteiger partial charge on any atom is -0.495 e. The van der Waals surface area contributed by atoms with E-state index in [1.807, 2.05) is 36.4 Å². The number of ether oxygens (including phenoxy) is 2. The fourth-order valence-electron chi connectivity index (χ4n) is 4.23. The van der Waals surface area contributed by atoms with Gasteiger partial charge in [0.25, 0.3) is 0 Å². The van der Waals surface area contributed by atoms with Crippen molar-refractivity contribution in [3.63, 3.8) is 0 Å². The summed E-state index contributed by atoms with van der Waals surface area (Å²) in [5.74, 6) is 2.01. The van der Waals surface area contributed by atoms with Crippen molar-refractivity contribution in [3.8, 4) is 5.75 Å². The summed E-state index contributed by atoms with van der Waals surface area (Å²) < 4.78 is 10.8. The van der Waals surface area contributed by atoms with Crippen molar-refractivity contribution in [1.29, 1.82) is 0 Å². The Kier molecular flexibility index (Phi) is 8.03. The number of benzene rings is 2. The quantitative estimate of drug-likeness (QED) is 0.397. The van der Waals surface area contributed by atoms with E-state index in [-0.39, 0.29) is 6.61 Å². The molecule has 8 heteroatoms. The van der Waals surface area contributed by atoms with Crippen molar-refractivity contribution >= 4 is 29.2 Å². The SMILES string of the molecule is CCCc1cc(N2CCC[C@H]2C)nc(Nc2ccc(OC)c(NC(=O)OCc3ccccc3)c2)n1. The van der Waals surface area contributed by atoms with Crippen molar-refractivity contribution < 1.29 is 14.3 Å². The van der Waals surface area contributed by atoms with Crippen LogP contribution in [0.3, 0.4) is 0 Å². The van der Waals surface area contributed by atoms with Gasteiger partial charge < -0.3 is 19.7 Å². The third-order valence-electron chi connectivity index (χ3n) is 6.02. The van der Waals surface area contributed by atoms with E-state index in [0.29, 0.717) is 23.4 Å². The van der Waals surface area contributed by atoms with Crippen LogP contribution in [0.25, 0.3) is 0 Å². The maximum atomic E-state index is 12.4. The molecule has 1 aliphatic heterocycles. The first-order valence-corrected chi connectivity index (χ1v) is 12.1. The molecule has 184 valence electrons. The minimum absolute atomic E-state index is 0.183. The summed E-state index contributed by atoms with van der Waals surface area (Å²) in [6.45, 7) is 5.57. The lowest BCUT2D eigenvalue weighted by Gasteiger charge is -2.23. The van der Waals surface area contributed by atoms with Gasteiger partial charge in [-0.2, -0.15) is 4.98 Å². The maximum Gasteiger partial charge on any atom is 0.412 e. The Bertz CT molecular complexity index is 1140. The highest BCUT2D eigenvalue weighted by atomic mass is 16.5. The van der Waals surface area contributed by atoms with E-state index >= 15 is 0 Å². The molecule has 0 bridgehead atoms. The van der Waals surface area contributed by atoms with Gasteiger partial charge in [-0.15, -0.1) is 0 Å². The number of rotatable bonds is 9. The van der Waals surface area contributed by atoms with Gasteiger partial charge in [-0.1, -0.05) is 43.7 Å². The van der Waals surface area contributed by atoms with Crippen LogP contribution in [-0.2, 0) is 17.8 Å². The van der Waals surface area contributed by atoms with Gasteiger partial charge in [0.2, 0.25) is 5.95 Å². The van der Waals surface area contributed by atoms with E-state index in [4.69, 9.17) is 19.4 Å². The van der Waals surface area contributed by atoms with Gasteiger partial charge in [0, 0.05) is 30.0 Å². The third-order valence-corrected chi connectivity index (χ3v) is 6.02. The largest absolute Gasteiger partial charge is 0.495 e. The van der Waals surface area contributed by atoms with Crippen molar-refractivity contribution in [1.82, 2.24) is 9.97 Å². The molecule has 1 saturated heterocycles. The van der Waals surface area contributed by atoms with Crippen LogP contribution in [0.15, 0.2) is 54.6 Å².